The third-order valence-corrected chi connectivity index (χ3v) is 6.66. The molecular weight excluding hydrogens is 421 g/mol. The molecule has 5 nitrogen and oxygen atoms in total. The van der Waals surface area contributed by atoms with Gasteiger partial charge in [-0.2, -0.15) is 0 Å². The Labute approximate surface area is 200 Å². The summed E-state index contributed by atoms with van der Waals surface area (Å²) in [4.78, 5) is 11.7. The van der Waals surface area contributed by atoms with Crippen molar-refractivity contribution in [3.8, 4) is 0 Å². The number of rotatable bonds is 24. The second kappa shape index (κ2) is 21.4. The van der Waals surface area contributed by atoms with E-state index in [1.807, 2.05) is 21.1 Å². The van der Waals surface area contributed by atoms with Gasteiger partial charge in [-0.3, -0.25) is 4.57 Å². The molecule has 0 aromatic heterocycles. The quantitative estimate of drug-likeness (QED) is 0.0631. The molecule has 192 valence electrons. The highest BCUT2D eigenvalue weighted by atomic mass is 31.2. The monoisotopic (exact) mass is 475 g/mol. The van der Waals surface area contributed by atoms with Crippen molar-refractivity contribution in [3.05, 3.63) is 12.2 Å². The summed E-state index contributed by atoms with van der Waals surface area (Å²) in [5.74, 6) is 0. The van der Waals surface area contributed by atoms with E-state index in [2.05, 4.69) is 19.1 Å². The fourth-order valence-corrected chi connectivity index (χ4v) is 4.25. The predicted molar refractivity (Wildman–Crippen MR) is 136 cm³/mol. The summed E-state index contributed by atoms with van der Waals surface area (Å²) in [7, 11) is 1.85. The largest absolute Gasteiger partial charge is 0.756 e. The van der Waals surface area contributed by atoms with Crippen LogP contribution in [0.4, 0.5) is 0 Å². The van der Waals surface area contributed by atoms with Crippen molar-refractivity contribution in [2.75, 3.05) is 40.9 Å². The zero-order valence-corrected chi connectivity index (χ0v) is 22.7. The van der Waals surface area contributed by atoms with E-state index in [4.69, 9.17) is 9.05 Å². The Bertz CT molecular complexity index is 477. The smallest absolute Gasteiger partial charge is 0.268 e. The minimum Gasteiger partial charge on any atom is -0.756 e. The first-order valence-corrected chi connectivity index (χ1v) is 14.8. The van der Waals surface area contributed by atoms with Crippen LogP contribution in [0.25, 0.3) is 0 Å². The number of phosphoric acid groups is 1. The van der Waals surface area contributed by atoms with Crippen molar-refractivity contribution in [1.29, 1.82) is 0 Å². The maximum absolute atomic E-state index is 11.7. The molecule has 0 aliphatic heterocycles. The molecule has 0 radical (unpaired) electrons. The lowest BCUT2D eigenvalue weighted by atomic mass is 10.1. The minimum absolute atomic E-state index is 0.166. The summed E-state index contributed by atoms with van der Waals surface area (Å²) < 4.78 is 22.2. The zero-order valence-electron chi connectivity index (χ0n) is 21.8. The SMILES string of the molecule is CCCCCCCC/C=C\CCCCCCCCCCCOP(=O)([O-])OCC[N+](C)(C)C. The lowest BCUT2D eigenvalue weighted by molar-refractivity contribution is -0.870. The Morgan fingerprint density at radius 2 is 1.06 bits per heavy atom. The third kappa shape index (κ3) is 26.1. The molecule has 1 unspecified atom stereocenters. The van der Waals surface area contributed by atoms with Gasteiger partial charge in [-0.1, -0.05) is 96.1 Å². The van der Waals surface area contributed by atoms with Crippen LogP contribution in [0.15, 0.2) is 12.2 Å². The van der Waals surface area contributed by atoms with Gasteiger partial charge in [0.1, 0.15) is 13.2 Å². The standard InChI is InChI=1S/C26H54NO4P/c1-5-6-7-8-9-10-11-12-13-14-15-16-17-18-19-20-21-22-23-25-30-32(28,29)31-26-24-27(2,3)4/h12-13H,5-11,14-26H2,1-4H3/b13-12-. The number of phosphoric ester groups is 1. The van der Waals surface area contributed by atoms with E-state index >= 15 is 0 Å². The van der Waals surface area contributed by atoms with Gasteiger partial charge in [0.15, 0.2) is 0 Å². The second-order valence-corrected chi connectivity index (χ2v) is 11.5. The molecule has 32 heavy (non-hydrogen) atoms. The molecule has 0 saturated heterocycles. The van der Waals surface area contributed by atoms with Gasteiger partial charge in [-0.15, -0.1) is 0 Å². The summed E-state index contributed by atoms with van der Waals surface area (Å²) in [6.45, 7) is 3.30. The van der Waals surface area contributed by atoms with Crippen LogP contribution in [0.5, 0.6) is 0 Å². The van der Waals surface area contributed by atoms with Crippen molar-refractivity contribution in [2.45, 2.75) is 116 Å². The fraction of sp³-hybridized carbons (Fsp3) is 0.923. The summed E-state index contributed by atoms with van der Waals surface area (Å²) in [6, 6.07) is 0. The van der Waals surface area contributed by atoms with E-state index in [0.717, 1.165) is 19.3 Å². The van der Waals surface area contributed by atoms with Gasteiger partial charge in [-0.25, -0.2) is 0 Å². The van der Waals surface area contributed by atoms with Crippen molar-refractivity contribution in [1.82, 2.24) is 0 Å². The highest BCUT2D eigenvalue weighted by Crippen LogP contribution is 2.38. The molecular formula is C26H54NO4P. The first-order valence-electron chi connectivity index (χ1n) is 13.3. The van der Waals surface area contributed by atoms with Crippen LogP contribution in [0.2, 0.25) is 0 Å². The van der Waals surface area contributed by atoms with Gasteiger partial charge in [0.2, 0.25) is 0 Å². The van der Waals surface area contributed by atoms with E-state index in [1.165, 1.54) is 89.9 Å². The fourth-order valence-electron chi connectivity index (χ4n) is 3.52. The average molecular weight is 476 g/mol. The van der Waals surface area contributed by atoms with Crippen LogP contribution in [-0.4, -0.2) is 45.4 Å². The number of hydrogen-bond acceptors (Lipinski definition) is 4. The number of unbranched alkanes of at least 4 members (excludes halogenated alkanes) is 15. The molecule has 0 amide bonds. The highest BCUT2D eigenvalue weighted by Gasteiger charge is 2.12. The van der Waals surface area contributed by atoms with Crippen LogP contribution in [0, 0.1) is 0 Å². The maximum atomic E-state index is 11.7. The molecule has 0 N–H and O–H groups in total. The summed E-state index contributed by atoms with van der Waals surface area (Å²) >= 11 is 0. The van der Waals surface area contributed by atoms with E-state index in [9.17, 15) is 9.46 Å². The van der Waals surface area contributed by atoms with Crippen LogP contribution < -0.4 is 4.89 Å². The van der Waals surface area contributed by atoms with Gasteiger partial charge in [0.05, 0.1) is 27.7 Å². The summed E-state index contributed by atoms with van der Waals surface area (Å²) in [5.41, 5.74) is 0. The van der Waals surface area contributed by atoms with Gasteiger partial charge in [0, 0.05) is 0 Å². The number of nitrogens with zero attached hydrogens (tertiary/aromatic N) is 1. The minimum atomic E-state index is -4.14. The maximum Gasteiger partial charge on any atom is 0.268 e. The van der Waals surface area contributed by atoms with E-state index in [0.29, 0.717) is 11.0 Å². The van der Waals surface area contributed by atoms with Crippen LogP contribution >= 0.6 is 7.82 Å². The molecule has 0 heterocycles. The van der Waals surface area contributed by atoms with Crippen LogP contribution in [0.1, 0.15) is 116 Å². The molecule has 1 atom stereocenters. The number of allylic oxidation sites excluding steroid dienone is 2. The van der Waals surface area contributed by atoms with Gasteiger partial charge in [0.25, 0.3) is 7.82 Å². The van der Waals surface area contributed by atoms with E-state index in [-0.39, 0.29) is 13.2 Å². The topological polar surface area (TPSA) is 58.6 Å². The Morgan fingerprint density at radius 3 is 1.53 bits per heavy atom. The number of hydrogen-bond donors (Lipinski definition) is 0. The number of likely N-dealkylation sites (N-methyl/N-ethyl adjacent to an activating group) is 1. The molecule has 0 aromatic rings. The number of quaternary nitrogens is 1. The molecule has 0 aliphatic rings. The van der Waals surface area contributed by atoms with Crippen molar-refractivity contribution >= 4 is 7.82 Å². The van der Waals surface area contributed by atoms with Gasteiger partial charge in [-0.05, 0) is 32.1 Å². The van der Waals surface area contributed by atoms with Crippen molar-refractivity contribution in [2.24, 2.45) is 0 Å². The van der Waals surface area contributed by atoms with Gasteiger partial charge < -0.3 is 18.4 Å². The molecule has 0 aromatic carbocycles. The van der Waals surface area contributed by atoms with Gasteiger partial charge >= 0.3 is 0 Å². The van der Waals surface area contributed by atoms with Crippen molar-refractivity contribution < 1.29 is 23.0 Å². The summed E-state index contributed by atoms with van der Waals surface area (Å²) in [6.07, 6.45) is 26.3. The lowest BCUT2D eigenvalue weighted by Crippen LogP contribution is -2.37. The Hall–Kier alpha value is -0.190. The van der Waals surface area contributed by atoms with Crippen LogP contribution in [-0.2, 0) is 13.6 Å². The zero-order chi connectivity index (χ0) is 24.0. The molecule has 6 heteroatoms. The predicted octanol–water partition coefficient (Wildman–Crippen LogP) is 7.40. The highest BCUT2D eigenvalue weighted by molar-refractivity contribution is 7.45. The van der Waals surface area contributed by atoms with E-state index in [1.54, 1.807) is 0 Å². The van der Waals surface area contributed by atoms with Crippen LogP contribution in [0.3, 0.4) is 0 Å². The molecule has 0 fully saturated rings. The molecule has 0 spiro atoms. The first kappa shape index (κ1) is 31.8. The third-order valence-electron chi connectivity index (χ3n) is 5.67. The second-order valence-electron chi connectivity index (χ2n) is 10.1. The average Bonchev–Trinajstić information content (AvgIpc) is 2.71. The first-order chi connectivity index (χ1) is 15.3. The molecule has 0 saturated carbocycles. The Morgan fingerprint density at radius 1 is 0.656 bits per heavy atom. The Kier molecular flexibility index (Phi) is 21.2. The normalized spacial score (nSPS) is 14.3. The van der Waals surface area contributed by atoms with E-state index < -0.39 is 7.82 Å². The lowest BCUT2D eigenvalue weighted by Gasteiger charge is -2.27. The molecule has 0 bridgehead atoms. The Balaban J connectivity index is 3.31. The summed E-state index contributed by atoms with van der Waals surface area (Å²) in [5, 5.41) is 0. The molecule has 0 rings (SSSR count). The van der Waals surface area contributed by atoms with Crippen molar-refractivity contribution in [3.63, 3.8) is 0 Å². The molecule has 0 aliphatic carbocycles.